The van der Waals surface area contributed by atoms with Crippen LogP contribution in [0.25, 0.3) is 0 Å². The Balaban J connectivity index is 1.59. The van der Waals surface area contributed by atoms with Crippen LogP contribution in [0.15, 0.2) is 18.2 Å². The lowest BCUT2D eigenvalue weighted by atomic mass is 10.0. The summed E-state index contributed by atoms with van der Waals surface area (Å²) in [5.74, 6) is 1.73. The Morgan fingerprint density at radius 1 is 1.07 bits per heavy atom. The zero-order valence-electron chi connectivity index (χ0n) is 16.8. The number of likely N-dealkylation sites (N-methyl/N-ethyl adjacent to an activating group) is 1. The van der Waals surface area contributed by atoms with Gasteiger partial charge in [0.2, 0.25) is 0 Å². The van der Waals surface area contributed by atoms with Crippen molar-refractivity contribution in [2.45, 2.75) is 26.8 Å². The molecular weight excluding hydrogens is 409 g/mol. The van der Waals surface area contributed by atoms with Gasteiger partial charge >= 0.3 is 0 Å². The molecule has 0 atom stereocenters. The minimum absolute atomic E-state index is 0.0449. The monoisotopic (exact) mass is 433 g/mol. The Labute approximate surface area is 181 Å². The van der Waals surface area contributed by atoms with Gasteiger partial charge < -0.3 is 14.7 Å². The van der Waals surface area contributed by atoms with Crippen LogP contribution in [0.4, 0.5) is 5.82 Å². The van der Waals surface area contributed by atoms with E-state index >= 15 is 0 Å². The smallest absolute Gasteiger partial charge is 0.254 e. The average molecular weight is 434 g/mol. The first-order chi connectivity index (χ1) is 14.0. The largest absolute Gasteiger partial charge is 0.354 e. The molecule has 6 nitrogen and oxygen atoms in total. The van der Waals surface area contributed by atoms with E-state index in [1.165, 1.54) is 0 Å². The molecule has 4 rings (SSSR count). The fourth-order valence-corrected chi connectivity index (χ4v) is 4.34. The summed E-state index contributed by atoms with van der Waals surface area (Å²) in [5, 5.41) is 0.841. The van der Waals surface area contributed by atoms with Crippen molar-refractivity contribution in [1.29, 1.82) is 0 Å². The highest BCUT2D eigenvalue weighted by Crippen LogP contribution is 2.29. The summed E-state index contributed by atoms with van der Waals surface area (Å²) in [5.41, 5.74) is 2.68. The molecule has 1 aromatic heterocycles. The van der Waals surface area contributed by atoms with Crippen LogP contribution in [0.3, 0.4) is 0 Å². The van der Waals surface area contributed by atoms with Gasteiger partial charge in [-0.2, -0.15) is 0 Å². The lowest BCUT2D eigenvalue weighted by Crippen LogP contribution is -2.47. The van der Waals surface area contributed by atoms with Crippen molar-refractivity contribution in [2.24, 2.45) is 0 Å². The van der Waals surface area contributed by atoms with Crippen molar-refractivity contribution >= 4 is 34.9 Å². The van der Waals surface area contributed by atoms with Gasteiger partial charge in [0.25, 0.3) is 5.91 Å². The summed E-state index contributed by atoms with van der Waals surface area (Å²) >= 11 is 12.1. The number of nitrogens with zero attached hydrogens (tertiary/aromatic N) is 5. The standard InChI is InChI=1S/C21H25Cl2N5O/c1-3-26-8-10-27(11-9-26)20-16-13-28(7-6-19(16)24-14(2)25-20)21(29)15-4-5-17(22)18(23)12-15/h4-5,12H,3,6-11,13H2,1-2H3. The van der Waals surface area contributed by atoms with Gasteiger partial charge in [-0.25, -0.2) is 9.97 Å². The topological polar surface area (TPSA) is 52.6 Å². The number of carbonyl (C=O) groups excluding carboxylic acids is 1. The Morgan fingerprint density at radius 2 is 1.83 bits per heavy atom. The molecule has 154 valence electrons. The summed E-state index contributed by atoms with van der Waals surface area (Å²) in [6.07, 6.45) is 0.730. The molecule has 1 amide bonds. The molecule has 0 aliphatic carbocycles. The fraction of sp³-hybridized carbons (Fsp3) is 0.476. The van der Waals surface area contributed by atoms with E-state index in [1.807, 2.05) is 11.8 Å². The zero-order chi connectivity index (χ0) is 20.5. The van der Waals surface area contributed by atoms with Crippen molar-refractivity contribution in [2.75, 3.05) is 44.2 Å². The molecule has 29 heavy (non-hydrogen) atoms. The van der Waals surface area contributed by atoms with Gasteiger partial charge in [-0.1, -0.05) is 30.1 Å². The number of anilines is 1. The van der Waals surface area contributed by atoms with E-state index in [0.717, 1.165) is 62.0 Å². The second kappa shape index (κ2) is 8.46. The SMILES string of the molecule is CCN1CCN(c2nc(C)nc3c2CN(C(=O)c2ccc(Cl)c(Cl)c2)CC3)CC1. The summed E-state index contributed by atoms with van der Waals surface area (Å²) in [6.45, 7) is 10.3. The predicted octanol–water partition coefficient (Wildman–Crippen LogP) is 3.43. The second-order valence-electron chi connectivity index (χ2n) is 7.55. The first kappa shape index (κ1) is 20.4. The molecule has 0 spiro atoms. The van der Waals surface area contributed by atoms with Gasteiger partial charge in [-0.3, -0.25) is 4.79 Å². The number of halogens is 2. The lowest BCUT2D eigenvalue weighted by molar-refractivity contribution is 0.0733. The van der Waals surface area contributed by atoms with Crippen LogP contribution in [0.5, 0.6) is 0 Å². The zero-order valence-corrected chi connectivity index (χ0v) is 18.3. The van der Waals surface area contributed by atoms with Crippen molar-refractivity contribution in [1.82, 2.24) is 19.8 Å². The van der Waals surface area contributed by atoms with Gasteiger partial charge in [-0.05, 0) is 31.7 Å². The number of aryl methyl sites for hydroxylation is 1. The van der Waals surface area contributed by atoms with Gasteiger partial charge in [0.05, 0.1) is 22.3 Å². The maximum Gasteiger partial charge on any atom is 0.254 e. The first-order valence-electron chi connectivity index (χ1n) is 10.0. The van der Waals surface area contributed by atoms with Crippen LogP contribution in [0.2, 0.25) is 10.0 Å². The van der Waals surface area contributed by atoms with Gasteiger partial charge in [0, 0.05) is 50.3 Å². The number of aromatic nitrogens is 2. The number of carbonyl (C=O) groups is 1. The van der Waals surface area contributed by atoms with E-state index in [-0.39, 0.29) is 5.91 Å². The van der Waals surface area contributed by atoms with E-state index in [9.17, 15) is 4.79 Å². The van der Waals surface area contributed by atoms with Crippen molar-refractivity contribution in [3.8, 4) is 0 Å². The van der Waals surface area contributed by atoms with Crippen LogP contribution < -0.4 is 4.90 Å². The maximum atomic E-state index is 13.1. The Bertz CT molecular complexity index is 928. The lowest BCUT2D eigenvalue weighted by Gasteiger charge is -2.37. The number of rotatable bonds is 3. The number of amides is 1. The number of hydrogen-bond acceptors (Lipinski definition) is 5. The van der Waals surface area contributed by atoms with Gasteiger partial charge in [0.1, 0.15) is 11.6 Å². The third-order valence-corrected chi connectivity index (χ3v) is 6.46. The molecule has 3 heterocycles. The molecule has 1 fully saturated rings. The normalized spacial score (nSPS) is 17.4. The number of piperazine rings is 1. The molecule has 2 aliphatic rings. The maximum absolute atomic E-state index is 13.1. The van der Waals surface area contributed by atoms with Crippen molar-refractivity contribution in [3.05, 3.63) is 50.9 Å². The number of benzene rings is 1. The first-order valence-corrected chi connectivity index (χ1v) is 10.8. The molecule has 8 heteroatoms. The molecule has 1 aromatic carbocycles. The van der Waals surface area contributed by atoms with Crippen LogP contribution in [0.1, 0.15) is 34.4 Å². The fourth-order valence-electron chi connectivity index (χ4n) is 4.04. The summed E-state index contributed by atoms with van der Waals surface area (Å²) in [4.78, 5) is 29.1. The van der Waals surface area contributed by atoms with E-state index < -0.39 is 0 Å². The second-order valence-corrected chi connectivity index (χ2v) is 8.36. The third kappa shape index (κ3) is 4.20. The van der Waals surface area contributed by atoms with Crippen LogP contribution in [0, 0.1) is 6.92 Å². The van der Waals surface area contributed by atoms with E-state index in [4.69, 9.17) is 28.2 Å². The Morgan fingerprint density at radius 3 is 2.52 bits per heavy atom. The molecule has 2 aliphatic heterocycles. The number of fused-ring (bicyclic) bond motifs is 1. The molecule has 0 unspecified atom stereocenters. The average Bonchev–Trinajstić information content (AvgIpc) is 2.74. The minimum Gasteiger partial charge on any atom is -0.354 e. The molecule has 1 saturated heterocycles. The molecule has 0 radical (unpaired) electrons. The molecule has 0 N–H and O–H groups in total. The minimum atomic E-state index is -0.0449. The Hall–Kier alpha value is -1.89. The molecule has 0 saturated carbocycles. The summed E-state index contributed by atoms with van der Waals surface area (Å²) in [7, 11) is 0. The summed E-state index contributed by atoms with van der Waals surface area (Å²) in [6, 6.07) is 5.03. The third-order valence-electron chi connectivity index (χ3n) is 5.72. The highest BCUT2D eigenvalue weighted by atomic mass is 35.5. The quantitative estimate of drug-likeness (QED) is 0.741. The predicted molar refractivity (Wildman–Crippen MR) is 116 cm³/mol. The van der Waals surface area contributed by atoms with E-state index in [0.29, 0.717) is 28.7 Å². The van der Waals surface area contributed by atoms with E-state index in [2.05, 4.69) is 21.7 Å². The Kier molecular flexibility index (Phi) is 5.95. The van der Waals surface area contributed by atoms with Crippen LogP contribution in [-0.2, 0) is 13.0 Å². The molecular formula is C21H25Cl2N5O. The molecule has 0 bridgehead atoms. The highest BCUT2D eigenvalue weighted by Gasteiger charge is 2.29. The summed E-state index contributed by atoms with van der Waals surface area (Å²) < 4.78 is 0. The van der Waals surface area contributed by atoms with Crippen molar-refractivity contribution in [3.63, 3.8) is 0 Å². The van der Waals surface area contributed by atoms with Gasteiger partial charge in [-0.15, -0.1) is 0 Å². The van der Waals surface area contributed by atoms with Gasteiger partial charge in [0.15, 0.2) is 0 Å². The van der Waals surface area contributed by atoms with Crippen LogP contribution in [-0.4, -0.2) is 64.9 Å². The number of hydrogen-bond donors (Lipinski definition) is 0. The van der Waals surface area contributed by atoms with Crippen LogP contribution >= 0.6 is 23.2 Å². The van der Waals surface area contributed by atoms with E-state index in [1.54, 1.807) is 18.2 Å². The van der Waals surface area contributed by atoms with Crippen molar-refractivity contribution < 1.29 is 4.79 Å². The molecule has 2 aromatic rings. The highest BCUT2D eigenvalue weighted by molar-refractivity contribution is 6.42.